The molecule has 9 nitrogen and oxygen atoms in total. The number of anilines is 2. The molecule has 43 heavy (non-hydrogen) atoms. The van der Waals surface area contributed by atoms with E-state index in [0.29, 0.717) is 50.4 Å². The van der Waals surface area contributed by atoms with Gasteiger partial charge in [-0.05, 0) is 49.2 Å². The van der Waals surface area contributed by atoms with Crippen LogP contribution in [0.4, 0.5) is 29.3 Å². The number of urea groups is 1. The maximum atomic E-state index is 14.3. The molecule has 3 heterocycles. The molecule has 0 spiro atoms. The molecule has 3 aromatic carbocycles. The van der Waals surface area contributed by atoms with E-state index >= 15 is 0 Å². The summed E-state index contributed by atoms with van der Waals surface area (Å²) in [5.74, 6) is 0.592. The number of hydrogen-bond donors (Lipinski definition) is 1. The number of fused-ring (bicyclic) bond motifs is 2. The Morgan fingerprint density at radius 2 is 1.81 bits per heavy atom. The van der Waals surface area contributed by atoms with E-state index in [1.54, 1.807) is 42.5 Å². The van der Waals surface area contributed by atoms with Crippen molar-refractivity contribution in [3.05, 3.63) is 76.3 Å². The number of ether oxygens (including phenoxy) is 3. The van der Waals surface area contributed by atoms with Gasteiger partial charge in [0.2, 0.25) is 5.91 Å². The highest BCUT2D eigenvalue weighted by Gasteiger charge is 2.51. The van der Waals surface area contributed by atoms with Crippen LogP contribution in [0.3, 0.4) is 0 Å². The number of carbonyl (C=O) groups is 2. The summed E-state index contributed by atoms with van der Waals surface area (Å²) in [6.45, 7) is 2.00. The maximum Gasteiger partial charge on any atom is 0.422 e. The van der Waals surface area contributed by atoms with E-state index in [1.807, 2.05) is 13.8 Å². The third kappa shape index (κ3) is 5.20. The molecule has 3 aliphatic heterocycles. The number of aliphatic imine (C=N–C) groups is 1. The second-order valence-electron chi connectivity index (χ2n) is 10.5. The van der Waals surface area contributed by atoms with Crippen molar-refractivity contribution in [2.24, 2.45) is 4.99 Å². The van der Waals surface area contributed by atoms with Gasteiger partial charge in [-0.15, -0.1) is 0 Å². The summed E-state index contributed by atoms with van der Waals surface area (Å²) in [5, 5.41) is 3.30. The molecule has 3 amide bonds. The Labute approximate surface area is 249 Å². The second-order valence-corrected chi connectivity index (χ2v) is 10.9. The third-order valence-corrected chi connectivity index (χ3v) is 7.44. The minimum Gasteiger partial charge on any atom is -0.494 e. The van der Waals surface area contributed by atoms with Crippen LogP contribution < -0.4 is 24.4 Å². The van der Waals surface area contributed by atoms with Crippen LogP contribution in [0, 0.1) is 0 Å². The van der Waals surface area contributed by atoms with Crippen LogP contribution in [-0.4, -0.2) is 55.2 Å². The number of rotatable bonds is 7. The number of benzene rings is 3. The molecule has 0 aromatic heterocycles. The Morgan fingerprint density at radius 1 is 1.07 bits per heavy atom. The lowest BCUT2D eigenvalue weighted by molar-refractivity contribution is -0.153. The van der Waals surface area contributed by atoms with Crippen LogP contribution in [-0.2, 0) is 4.79 Å². The zero-order chi connectivity index (χ0) is 30.6. The fourth-order valence-electron chi connectivity index (χ4n) is 5.57. The number of halogens is 4. The lowest BCUT2D eigenvalue weighted by Gasteiger charge is -2.42. The first-order valence-corrected chi connectivity index (χ1v) is 13.8. The van der Waals surface area contributed by atoms with Crippen molar-refractivity contribution in [1.82, 2.24) is 4.90 Å². The lowest BCUT2D eigenvalue weighted by atomic mass is 9.93. The molecule has 1 N–H and O–H groups in total. The number of nitrogens with zero attached hydrogens (tertiary/aromatic N) is 3. The maximum absolute atomic E-state index is 14.3. The highest BCUT2D eigenvalue weighted by atomic mass is 35.5. The Hall–Kier alpha value is -4.45. The first kappa shape index (κ1) is 28.7. The Balaban J connectivity index is 1.56. The number of methoxy groups -OCH3 is 1. The average molecular weight is 615 g/mol. The van der Waals surface area contributed by atoms with Gasteiger partial charge in [0.1, 0.15) is 41.4 Å². The van der Waals surface area contributed by atoms with E-state index in [0.717, 1.165) is 0 Å². The van der Waals surface area contributed by atoms with Crippen molar-refractivity contribution < 1.29 is 37.0 Å². The van der Waals surface area contributed by atoms with Crippen molar-refractivity contribution in [3.63, 3.8) is 0 Å². The van der Waals surface area contributed by atoms with Crippen LogP contribution in [0.1, 0.15) is 42.6 Å². The molecule has 2 atom stereocenters. The molecule has 0 saturated carbocycles. The van der Waals surface area contributed by atoms with Gasteiger partial charge in [0, 0.05) is 11.1 Å². The van der Waals surface area contributed by atoms with Crippen LogP contribution in [0.15, 0.2) is 59.6 Å². The lowest BCUT2D eigenvalue weighted by Crippen LogP contribution is -2.55. The van der Waals surface area contributed by atoms with Gasteiger partial charge in [-0.25, -0.2) is 4.79 Å². The summed E-state index contributed by atoms with van der Waals surface area (Å²) in [4.78, 5) is 35.0. The first-order chi connectivity index (χ1) is 20.4. The van der Waals surface area contributed by atoms with E-state index in [-0.39, 0.29) is 18.4 Å². The van der Waals surface area contributed by atoms with Gasteiger partial charge in [-0.1, -0.05) is 35.9 Å². The second kappa shape index (κ2) is 10.7. The number of hydrogen-bond acceptors (Lipinski definition) is 6. The molecule has 0 radical (unpaired) electrons. The fraction of sp³-hybridized carbons (Fsp3) is 0.300. The van der Waals surface area contributed by atoms with Crippen molar-refractivity contribution in [3.8, 4) is 17.2 Å². The van der Waals surface area contributed by atoms with Crippen molar-refractivity contribution in [1.29, 1.82) is 0 Å². The molecule has 0 saturated heterocycles. The molecule has 0 aliphatic carbocycles. The van der Waals surface area contributed by atoms with Gasteiger partial charge in [0.05, 0.1) is 30.5 Å². The predicted molar refractivity (Wildman–Crippen MR) is 153 cm³/mol. The molecular weight excluding hydrogens is 589 g/mol. The standard InChI is InChI=1S/C30H26ClF3N4O5/c1-15(2)43-20-12-21(41-3)25-27-23(20)28-36-24(17-5-4-6-19(11-17)42-14-30(32,33)34)26(16-7-9-18(31)10-8-16)38(28)29(40)37(27)13-22(39)35-25/h4-12,15,24,26H,13-14H2,1-3H3,(H,35,39). The van der Waals surface area contributed by atoms with Gasteiger partial charge >= 0.3 is 12.2 Å². The minimum absolute atomic E-state index is 0.00618. The molecular formula is C30H26ClF3N4O5. The van der Waals surface area contributed by atoms with Crippen LogP contribution in [0.25, 0.3) is 0 Å². The van der Waals surface area contributed by atoms with Crippen molar-refractivity contribution in [2.45, 2.75) is 38.2 Å². The number of amidine groups is 1. The zero-order valence-electron chi connectivity index (χ0n) is 23.2. The molecule has 2 unspecified atom stereocenters. The van der Waals surface area contributed by atoms with Gasteiger partial charge < -0.3 is 19.5 Å². The SMILES string of the molecule is COc1cc(OC(C)C)c2c3c1NC(=O)CN3C(=O)N1C2=NC(c2cccc(OCC(F)(F)F)c2)C1c1ccc(Cl)cc1. The summed E-state index contributed by atoms with van der Waals surface area (Å²) in [6, 6.07) is 12.7. The predicted octanol–water partition coefficient (Wildman–Crippen LogP) is 6.51. The first-order valence-electron chi connectivity index (χ1n) is 13.4. The monoisotopic (exact) mass is 614 g/mol. The van der Waals surface area contributed by atoms with Crippen LogP contribution in [0.5, 0.6) is 17.2 Å². The van der Waals surface area contributed by atoms with E-state index in [2.05, 4.69) is 5.32 Å². The highest BCUT2D eigenvalue weighted by Crippen LogP contribution is 2.54. The Morgan fingerprint density at radius 3 is 2.49 bits per heavy atom. The molecule has 0 fully saturated rings. The fourth-order valence-corrected chi connectivity index (χ4v) is 5.69. The number of amides is 3. The molecule has 224 valence electrons. The quantitative estimate of drug-likeness (QED) is 0.327. The van der Waals surface area contributed by atoms with Gasteiger partial charge in [-0.2, -0.15) is 13.2 Å². The summed E-state index contributed by atoms with van der Waals surface area (Å²) in [5.41, 5.74) is 2.39. The Bertz CT molecular complexity index is 1640. The number of nitrogens with one attached hydrogen (secondary N) is 1. The minimum atomic E-state index is -4.51. The van der Waals surface area contributed by atoms with E-state index in [1.165, 1.54) is 29.0 Å². The number of alkyl halides is 3. The number of carbonyl (C=O) groups excluding carboxylic acids is 2. The van der Waals surface area contributed by atoms with Crippen molar-refractivity contribution in [2.75, 3.05) is 30.5 Å². The molecule has 6 rings (SSSR count). The smallest absolute Gasteiger partial charge is 0.422 e. The summed E-state index contributed by atoms with van der Waals surface area (Å²) in [6.07, 6.45) is -4.78. The summed E-state index contributed by atoms with van der Waals surface area (Å²) in [7, 11) is 1.45. The third-order valence-electron chi connectivity index (χ3n) is 7.19. The molecule has 3 aromatic rings. The summed E-state index contributed by atoms with van der Waals surface area (Å²) >= 11 is 6.18. The van der Waals surface area contributed by atoms with Crippen LogP contribution >= 0.6 is 11.6 Å². The Kier molecular flexibility index (Phi) is 7.11. The highest BCUT2D eigenvalue weighted by molar-refractivity contribution is 6.30. The van der Waals surface area contributed by atoms with Crippen LogP contribution in [0.2, 0.25) is 5.02 Å². The summed E-state index contributed by atoms with van der Waals surface area (Å²) < 4.78 is 55.5. The molecule has 0 bridgehead atoms. The van der Waals surface area contributed by atoms with E-state index < -0.39 is 36.8 Å². The van der Waals surface area contributed by atoms with E-state index in [4.69, 9.17) is 30.8 Å². The largest absolute Gasteiger partial charge is 0.494 e. The average Bonchev–Trinajstić information content (AvgIpc) is 3.35. The van der Waals surface area contributed by atoms with Gasteiger partial charge in [0.15, 0.2) is 6.61 Å². The zero-order valence-corrected chi connectivity index (χ0v) is 24.0. The normalized spacial score (nSPS) is 19.1. The molecule has 13 heteroatoms. The van der Waals surface area contributed by atoms with E-state index in [9.17, 15) is 22.8 Å². The van der Waals surface area contributed by atoms with Crippen molar-refractivity contribution >= 4 is 40.7 Å². The van der Waals surface area contributed by atoms with Gasteiger partial charge in [-0.3, -0.25) is 19.6 Å². The molecule has 3 aliphatic rings. The van der Waals surface area contributed by atoms with Gasteiger partial charge in [0.25, 0.3) is 0 Å². The topological polar surface area (TPSA) is 92.7 Å².